The van der Waals surface area contributed by atoms with Crippen molar-refractivity contribution in [2.24, 2.45) is 0 Å². The molecule has 0 amide bonds. The summed E-state index contributed by atoms with van der Waals surface area (Å²) in [5, 5.41) is 10.8. The first-order valence-electron chi connectivity index (χ1n) is 4.46. The number of hydrogen-bond donors (Lipinski definition) is 1. The Morgan fingerprint density at radius 1 is 1.07 bits per heavy atom. The van der Waals surface area contributed by atoms with Crippen molar-refractivity contribution in [1.82, 2.24) is 10.2 Å². The highest BCUT2D eigenvalue weighted by molar-refractivity contribution is 5.64. The molecule has 0 atom stereocenters. The topological polar surface area (TPSA) is 37.8 Å². The van der Waals surface area contributed by atoms with Gasteiger partial charge in [0.2, 0.25) is 0 Å². The molecule has 14 heavy (non-hydrogen) atoms. The lowest BCUT2D eigenvalue weighted by Crippen LogP contribution is -1.94. The number of hydrogen-bond acceptors (Lipinski definition) is 3. The van der Waals surface area contributed by atoms with Crippen LogP contribution in [-0.2, 0) is 0 Å². The highest BCUT2D eigenvalue weighted by atomic mass is 15.2. The first-order valence-corrected chi connectivity index (χ1v) is 4.46. The third-order valence-corrected chi connectivity index (χ3v) is 2.02. The smallest absolute Gasteiger partial charge is 0.149 e. The van der Waals surface area contributed by atoms with Gasteiger partial charge in [0.1, 0.15) is 5.82 Å². The van der Waals surface area contributed by atoms with Gasteiger partial charge in [-0.15, -0.1) is 5.10 Å². The molecule has 1 heterocycles. The van der Waals surface area contributed by atoms with E-state index in [1.807, 2.05) is 31.3 Å². The summed E-state index contributed by atoms with van der Waals surface area (Å²) >= 11 is 0. The zero-order valence-electron chi connectivity index (χ0n) is 7.94. The predicted molar refractivity (Wildman–Crippen MR) is 57.0 cm³/mol. The number of aromatic nitrogens is 2. The van der Waals surface area contributed by atoms with E-state index in [-0.39, 0.29) is 0 Å². The van der Waals surface area contributed by atoms with Crippen molar-refractivity contribution in [1.29, 1.82) is 0 Å². The lowest BCUT2D eigenvalue weighted by atomic mass is 10.1. The summed E-state index contributed by atoms with van der Waals surface area (Å²) in [5.41, 5.74) is 2.23. The largest absolute Gasteiger partial charge is 0.372 e. The molecule has 0 aliphatic carbocycles. The monoisotopic (exact) mass is 185 g/mol. The van der Waals surface area contributed by atoms with E-state index in [2.05, 4.69) is 27.6 Å². The molecule has 1 aromatic carbocycles. The van der Waals surface area contributed by atoms with Gasteiger partial charge in [0.15, 0.2) is 0 Å². The second kappa shape index (κ2) is 3.87. The van der Waals surface area contributed by atoms with E-state index in [1.54, 1.807) is 6.20 Å². The van der Waals surface area contributed by atoms with Gasteiger partial charge in [-0.1, -0.05) is 30.3 Å². The second-order valence-electron chi connectivity index (χ2n) is 2.95. The highest BCUT2D eigenvalue weighted by Crippen LogP contribution is 2.18. The van der Waals surface area contributed by atoms with Crippen LogP contribution in [0.3, 0.4) is 0 Å². The Kier molecular flexibility index (Phi) is 2.40. The zero-order valence-corrected chi connectivity index (χ0v) is 7.94. The van der Waals surface area contributed by atoms with E-state index in [0.29, 0.717) is 0 Å². The van der Waals surface area contributed by atoms with Gasteiger partial charge >= 0.3 is 0 Å². The van der Waals surface area contributed by atoms with Crippen molar-refractivity contribution in [3.05, 3.63) is 42.6 Å². The van der Waals surface area contributed by atoms with Crippen LogP contribution in [0.25, 0.3) is 11.1 Å². The molecular weight excluding hydrogens is 174 g/mol. The number of benzene rings is 1. The van der Waals surface area contributed by atoms with Crippen LogP contribution in [0, 0.1) is 0 Å². The van der Waals surface area contributed by atoms with Crippen LogP contribution < -0.4 is 5.32 Å². The maximum absolute atomic E-state index is 3.92. The minimum absolute atomic E-state index is 0.784. The fraction of sp³-hybridized carbons (Fsp3) is 0.0909. The van der Waals surface area contributed by atoms with E-state index in [1.165, 1.54) is 0 Å². The van der Waals surface area contributed by atoms with Crippen LogP contribution in [0.2, 0.25) is 0 Å². The van der Waals surface area contributed by atoms with Gasteiger partial charge in [0.05, 0.1) is 6.20 Å². The molecule has 1 N–H and O–H groups in total. The molecule has 2 rings (SSSR count). The standard InChI is InChI=1S/C11H11N3/c1-12-11-7-10(8-13-14-11)9-5-3-2-4-6-9/h2-8H,1H3,(H,12,14). The number of rotatable bonds is 2. The van der Waals surface area contributed by atoms with E-state index in [0.717, 1.165) is 16.9 Å². The van der Waals surface area contributed by atoms with Crippen molar-refractivity contribution in [2.75, 3.05) is 12.4 Å². The van der Waals surface area contributed by atoms with Crippen molar-refractivity contribution in [2.45, 2.75) is 0 Å². The SMILES string of the molecule is CNc1cc(-c2ccccc2)cnn1. The second-order valence-corrected chi connectivity index (χ2v) is 2.95. The minimum Gasteiger partial charge on any atom is -0.372 e. The molecule has 0 radical (unpaired) electrons. The molecular formula is C11H11N3. The van der Waals surface area contributed by atoms with E-state index >= 15 is 0 Å². The van der Waals surface area contributed by atoms with Crippen molar-refractivity contribution < 1.29 is 0 Å². The molecule has 0 aliphatic heterocycles. The Hall–Kier alpha value is -1.90. The minimum atomic E-state index is 0.784. The van der Waals surface area contributed by atoms with Crippen LogP contribution in [-0.4, -0.2) is 17.2 Å². The fourth-order valence-electron chi connectivity index (χ4n) is 1.28. The Morgan fingerprint density at radius 3 is 2.57 bits per heavy atom. The Balaban J connectivity index is 2.42. The van der Waals surface area contributed by atoms with Crippen LogP contribution in [0.4, 0.5) is 5.82 Å². The van der Waals surface area contributed by atoms with Crippen LogP contribution >= 0.6 is 0 Å². The molecule has 3 nitrogen and oxygen atoms in total. The van der Waals surface area contributed by atoms with Gasteiger partial charge in [-0.2, -0.15) is 5.10 Å². The third kappa shape index (κ3) is 1.71. The summed E-state index contributed by atoms with van der Waals surface area (Å²) in [6, 6.07) is 12.1. The number of nitrogens with one attached hydrogen (secondary N) is 1. The first kappa shape index (κ1) is 8.69. The third-order valence-electron chi connectivity index (χ3n) is 2.02. The summed E-state index contributed by atoms with van der Waals surface area (Å²) < 4.78 is 0. The zero-order chi connectivity index (χ0) is 9.80. The van der Waals surface area contributed by atoms with Gasteiger partial charge in [-0.3, -0.25) is 0 Å². The summed E-state index contributed by atoms with van der Waals surface area (Å²) in [7, 11) is 1.83. The van der Waals surface area contributed by atoms with E-state index < -0.39 is 0 Å². The molecule has 0 unspecified atom stereocenters. The maximum Gasteiger partial charge on any atom is 0.149 e. The molecule has 0 spiro atoms. The molecule has 0 saturated carbocycles. The highest BCUT2D eigenvalue weighted by Gasteiger charge is 1.98. The summed E-state index contributed by atoms with van der Waals surface area (Å²) in [6.45, 7) is 0. The van der Waals surface area contributed by atoms with Crippen molar-refractivity contribution >= 4 is 5.82 Å². The predicted octanol–water partition coefficient (Wildman–Crippen LogP) is 2.19. The maximum atomic E-state index is 3.92. The van der Waals surface area contributed by atoms with E-state index in [9.17, 15) is 0 Å². The lowest BCUT2D eigenvalue weighted by Gasteiger charge is -2.02. The first-order chi connectivity index (χ1) is 6.90. The normalized spacial score (nSPS) is 9.79. The molecule has 3 heteroatoms. The Morgan fingerprint density at radius 2 is 1.86 bits per heavy atom. The van der Waals surface area contributed by atoms with E-state index in [4.69, 9.17) is 0 Å². The molecule has 0 aliphatic rings. The lowest BCUT2D eigenvalue weighted by molar-refractivity contribution is 1.03. The van der Waals surface area contributed by atoms with Gasteiger partial charge in [-0.05, 0) is 11.6 Å². The molecule has 2 aromatic rings. The molecule has 1 aromatic heterocycles. The fourth-order valence-corrected chi connectivity index (χ4v) is 1.28. The summed E-state index contributed by atoms with van der Waals surface area (Å²) in [6.07, 6.45) is 1.76. The molecule has 0 saturated heterocycles. The summed E-state index contributed by atoms with van der Waals surface area (Å²) in [5.74, 6) is 0.784. The van der Waals surface area contributed by atoms with Crippen molar-refractivity contribution in [3.8, 4) is 11.1 Å². The average Bonchev–Trinajstić information content (AvgIpc) is 2.30. The van der Waals surface area contributed by atoms with Gasteiger partial charge in [0, 0.05) is 12.6 Å². The molecule has 0 fully saturated rings. The average molecular weight is 185 g/mol. The Bertz CT molecular complexity index is 412. The van der Waals surface area contributed by atoms with Gasteiger partial charge < -0.3 is 5.32 Å². The van der Waals surface area contributed by atoms with Gasteiger partial charge in [0.25, 0.3) is 0 Å². The number of anilines is 1. The quantitative estimate of drug-likeness (QED) is 0.779. The Labute approximate surface area is 82.8 Å². The molecule has 70 valence electrons. The van der Waals surface area contributed by atoms with Crippen LogP contribution in [0.1, 0.15) is 0 Å². The van der Waals surface area contributed by atoms with Crippen LogP contribution in [0.5, 0.6) is 0 Å². The van der Waals surface area contributed by atoms with Crippen molar-refractivity contribution in [3.63, 3.8) is 0 Å². The van der Waals surface area contributed by atoms with Crippen LogP contribution in [0.15, 0.2) is 42.6 Å². The number of nitrogens with zero attached hydrogens (tertiary/aromatic N) is 2. The summed E-state index contributed by atoms with van der Waals surface area (Å²) in [4.78, 5) is 0. The molecule has 0 bridgehead atoms. The van der Waals surface area contributed by atoms with Gasteiger partial charge in [-0.25, -0.2) is 0 Å².